The van der Waals surface area contributed by atoms with E-state index < -0.39 is 0 Å². The lowest BCUT2D eigenvalue weighted by molar-refractivity contribution is 0.238. The van der Waals surface area contributed by atoms with Gasteiger partial charge in [-0.25, -0.2) is 4.79 Å². The topological polar surface area (TPSA) is 53.2 Å². The van der Waals surface area contributed by atoms with E-state index in [0.717, 1.165) is 6.42 Å². The molecule has 0 radical (unpaired) electrons. The lowest BCUT2D eigenvalue weighted by Gasteiger charge is -2.25. The first kappa shape index (κ1) is 17.5. The Morgan fingerprint density at radius 3 is 2.33 bits per heavy atom. The molecule has 0 aromatic heterocycles. The van der Waals surface area contributed by atoms with E-state index in [2.05, 4.69) is 61.0 Å². The largest absolute Gasteiger partial charge is 0.338 e. The minimum Gasteiger partial charge on any atom is -0.338 e. The third kappa shape index (κ3) is 7.14. The van der Waals surface area contributed by atoms with E-state index >= 15 is 0 Å². The second kappa shape index (κ2) is 9.40. The van der Waals surface area contributed by atoms with Gasteiger partial charge in [-0.2, -0.15) is 0 Å². The van der Waals surface area contributed by atoms with Crippen LogP contribution in [0.2, 0.25) is 0 Å². The number of hydrogen-bond acceptors (Lipinski definition) is 2. The second-order valence-electron chi connectivity index (χ2n) is 5.87. The molecule has 0 bridgehead atoms. The van der Waals surface area contributed by atoms with Gasteiger partial charge in [0, 0.05) is 25.2 Å². The van der Waals surface area contributed by atoms with Gasteiger partial charge in [0.25, 0.3) is 0 Å². The van der Waals surface area contributed by atoms with E-state index in [1.54, 1.807) is 0 Å². The summed E-state index contributed by atoms with van der Waals surface area (Å²) >= 11 is 0. The number of carbonyl (C=O) groups is 1. The zero-order chi connectivity index (χ0) is 15.7. The quantitative estimate of drug-likeness (QED) is 0.689. The number of benzene rings is 1. The Bertz CT molecular complexity index is 406. The Hall–Kier alpha value is -1.55. The van der Waals surface area contributed by atoms with Gasteiger partial charge in [0.15, 0.2) is 0 Å². The monoisotopic (exact) mass is 291 g/mol. The molecule has 1 aromatic rings. The highest BCUT2D eigenvalue weighted by Gasteiger charge is 2.15. The molecule has 0 aliphatic carbocycles. The van der Waals surface area contributed by atoms with Crippen LogP contribution in [0.3, 0.4) is 0 Å². The number of hydrogen-bond donors (Lipinski definition) is 3. The standard InChI is InChI=1S/C17H29N3O/c1-5-18-17(21)19-12-16(11-13(2)3)20-14(4)15-9-7-6-8-10-15/h6-10,13-14,16,20H,5,11-12H2,1-4H3,(H2,18,19,21)/t14-,16-/m0/s1. The Morgan fingerprint density at radius 2 is 1.76 bits per heavy atom. The van der Waals surface area contributed by atoms with E-state index in [0.29, 0.717) is 19.0 Å². The van der Waals surface area contributed by atoms with Crippen LogP contribution in [-0.2, 0) is 0 Å². The molecule has 4 heteroatoms. The fraction of sp³-hybridized carbons (Fsp3) is 0.588. The van der Waals surface area contributed by atoms with Crippen molar-refractivity contribution in [3.05, 3.63) is 35.9 Å². The minimum absolute atomic E-state index is 0.0968. The van der Waals surface area contributed by atoms with Crippen molar-refractivity contribution in [2.24, 2.45) is 5.92 Å². The van der Waals surface area contributed by atoms with Crippen LogP contribution in [0.15, 0.2) is 30.3 Å². The van der Waals surface area contributed by atoms with Gasteiger partial charge in [-0.05, 0) is 31.7 Å². The van der Waals surface area contributed by atoms with Gasteiger partial charge in [0.1, 0.15) is 0 Å². The zero-order valence-electron chi connectivity index (χ0n) is 13.6. The summed E-state index contributed by atoms with van der Waals surface area (Å²) in [6, 6.07) is 10.8. The second-order valence-corrected chi connectivity index (χ2v) is 5.87. The summed E-state index contributed by atoms with van der Waals surface area (Å²) in [4.78, 5) is 11.5. The van der Waals surface area contributed by atoms with Crippen LogP contribution >= 0.6 is 0 Å². The SMILES string of the molecule is CCNC(=O)NC[C@H](CC(C)C)N[C@@H](C)c1ccccc1. The molecular weight excluding hydrogens is 262 g/mol. The molecule has 0 aliphatic rings. The highest BCUT2D eigenvalue weighted by molar-refractivity contribution is 5.73. The van der Waals surface area contributed by atoms with Crippen molar-refractivity contribution in [2.75, 3.05) is 13.1 Å². The third-order valence-electron chi connectivity index (χ3n) is 3.39. The number of carbonyl (C=O) groups excluding carboxylic acids is 1. The van der Waals surface area contributed by atoms with Gasteiger partial charge < -0.3 is 16.0 Å². The average Bonchev–Trinajstić information content (AvgIpc) is 2.45. The molecule has 0 spiro atoms. The van der Waals surface area contributed by atoms with Crippen molar-refractivity contribution in [1.29, 1.82) is 0 Å². The molecule has 0 heterocycles. The molecule has 0 saturated heterocycles. The van der Waals surface area contributed by atoms with Gasteiger partial charge in [-0.15, -0.1) is 0 Å². The molecule has 1 rings (SSSR count). The fourth-order valence-electron chi connectivity index (χ4n) is 2.41. The summed E-state index contributed by atoms with van der Waals surface area (Å²) in [7, 11) is 0. The van der Waals surface area contributed by atoms with Gasteiger partial charge in [-0.3, -0.25) is 0 Å². The first-order valence-electron chi connectivity index (χ1n) is 7.85. The molecule has 0 aliphatic heterocycles. The Kier molecular flexibility index (Phi) is 7.83. The molecule has 0 saturated carbocycles. The maximum atomic E-state index is 11.5. The van der Waals surface area contributed by atoms with Crippen LogP contribution in [0, 0.1) is 5.92 Å². The van der Waals surface area contributed by atoms with E-state index in [1.165, 1.54) is 5.56 Å². The van der Waals surface area contributed by atoms with Crippen LogP contribution < -0.4 is 16.0 Å². The molecule has 3 N–H and O–H groups in total. The van der Waals surface area contributed by atoms with Crippen LogP contribution in [0.4, 0.5) is 4.79 Å². The predicted octanol–water partition coefficient (Wildman–Crippen LogP) is 3.07. The first-order valence-corrected chi connectivity index (χ1v) is 7.85. The van der Waals surface area contributed by atoms with Crippen molar-refractivity contribution < 1.29 is 4.79 Å². The zero-order valence-corrected chi connectivity index (χ0v) is 13.6. The maximum Gasteiger partial charge on any atom is 0.314 e. The number of urea groups is 1. The summed E-state index contributed by atoms with van der Waals surface area (Å²) in [6.45, 7) is 9.77. The first-order chi connectivity index (χ1) is 10.0. The van der Waals surface area contributed by atoms with Crippen molar-refractivity contribution in [3.63, 3.8) is 0 Å². The average molecular weight is 291 g/mol. The Balaban J connectivity index is 2.54. The summed E-state index contributed by atoms with van der Waals surface area (Å²) in [5.74, 6) is 0.585. The molecule has 0 fully saturated rings. The fourth-order valence-corrected chi connectivity index (χ4v) is 2.41. The lowest BCUT2D eigenvalue weighted by atomic mass is 10.0. The lowest BCUT2D eigenvalue weighted by Crippen LogP contribution is -2.45. The van der Waals surface area contributed by atoms with Crippen LogP contribution in [0.25, 0.3) is 0 Å². The summed E-state index contributed by atoms with van der Waals surface area (Å²) < 4.78 is 0. The van der Waals surface area contributed by atoms with Gasteiger partial charge in [-0.1, -0.05) is 44.2 Å². The summed E-state index contributed by atoms with van der Waals surface area (Å²) in [5, 5.41) is 9.31. The van der Waals surface area contributed by atoms with Crippen molar-refractivity contribution in [2.45, 2.75) is 46.2 Å². The number of rotatable bonds is 8. The highest BCUT2D eigenvalue weighted by Crippen LogP contribution is 2.14. The molecular formula is C17H29N3O. The Labute approximate surface area is 128 Å². The number of nitrogens with one attached hydrogen (secondary N) is 3. The molecule has 2 atom stereocenters. The van der Waals surface area contributed by atoms with E-state index in [9.17, 15) is 4.79 Å². The Morgan fingerprint density at radius 1 is 1.10 bits per heavy atom. The van der Waals surface area contributed by atoms with Gasteiger partial charge in [0.2, 0.25) is 0 Å². The summed E-state index contributed by atoms with van der Waals surface area (Å²) in [6.07, 6.45) is 1.03. The normalized spacial score (nSPS) is 13.8. The van der Waals surface area contributed by atoms with Gasteiger partial charge >= 0.3 is 6.03 Å². The maximum absolute atomic E-state index is 11.5. The molecule has 1 aromatic carbocycles. The van der Waals surface area contributed by atoms with Crippen molar-refractivity contribution in [3.8, 4) is 0 Å². The minimum atomic E-state index is -0.0968. The molecule has 118 valence electrons. The smallest absolute Gasteiger partial charge is 0.314 e. The van der Waals surface area contributed by atoms with Crippen molar-refractivity contribution >= 4 is 6.03 Å². The van der Waals surface area contributed by atoms with E-state index in [1.807, 2.05) is 13.0 Å². The molecule has 4 nitrogen and oxygen atoms in total. The third-order valence-corrected chi connectivity index (χ3v) is 3.39. The highest BCUT2D eigenvalue weighted by atomic mass is 16.2. The molecule has 21 heavy (non-hydrogen) atoms. The predicted molar refractivity (Wildman–Crippen MR) is 88.3 cm³/mol. The van der Waals surface area contributed by atoms with Gasteiger partial charge in [0.05, 0.1) is 0 Å². The van der Waals surface area contributed by atoms with Crippen LogP contribution in [0.1, 0.15) is 45.7 Å². The molecule has 2 amide bonds. The molecule has 0 unspecified atom stereocenters. The number of amides is 2. The van der Waals surface area contributed by atoms with Crippen molar-refractivity contribution in [1.82, 2.24) is 16.0 Å². The van der Waals surface area contributed by atoms with E-state index in [4.69, 9.17) is 0 Å². The van der Waals surface area contributed by atoms with Crippen LogP contribution in [0.5, 0.6) is 0 Å². The van der Waals surface area contributed by atoms with Crippen LogP contribution in [-0.4, -0.2) is 25.2 Å². The summed E-state index contributed by atoms with van der Waals surface area (Å²) in [5.41, 5.74) is 1.27. The van der Waals surface area contributed by atoms with E-state index in [-0.39, 0.29) is 18.1 Å².